The van der Waals surface area contributed by atoms with Gasteiger partial charge in [0, 0.05) is 6.20 Å². The molecule has 0 N–H and O–H groups in total. The molecule has 0 saturated heterocycles. The van der Waals surface area contributed by atoms with E-state index in [4.69, 9.17) is 0 Å². The second-order valence-corrected chi connectivity index (χ2v) is 2.90. The summed E-state index contributed by atoms with van der Waals surface area (Å²) < 4.78 is 0. The van der Waals surface area contributed by atoms with Gasteiger partial charge < -0.3 is 0 Å². The third kappa shape index (κ3) is 1.69. The summed E-state index contributed by atoms with van der Waals surface area (Å²) in [6, 6.07) is 13.4. The summed E-state index contributed by atoms with van der Waals surface area (Å²) in [4.78, 5) is 14.3. The number of rotatable bonds is 2. The Labute approximate surface area is 82.2 Å². The number of hydrogen-bond donors (Lipinski definition) is 0. The zero-order chi connectivity index (χ0) is 9.80. The molecule has 1 radical (unpaired) electrons. The molecule has 0 bridgehead atoms. The fourth-order valence-corrected chi connectivity index (χ4v) is 1.30. The summed E-state index contributed by atoms with van der Waals surface area (Å²) in [5, 5.41) is 0. The van der Waals surface area contributed by atoms with E-state index in [9.17, 15) is 4.79 Å². The van der Waals surface area contributed by atoms with Gasteiger partial charge in [0.15, 0.2) is 0 Å². The first kappa shape index (κ1) is 8.63. The summed E-state index contributed by atoms with van der Waals surface area (Å²) in [5.74, 6) is 0. The van der Waals surface area contributed by atoms with Crippen molar-refractivity contribution in [1.82, 2.24) is 4.98 Å². The molecule has 0 aliphatic heterocycles. The Hall–Kier alpha value is -1.96. The molecular weight excluding hydrogens is 174 g/mol. The van der Waals surface area contributed by atoms with Gasteiger partial charge in [-0.05, 0) is 23.3 Å². The molecule has 0 amide bonds. The van der Waals surface area contributed by atoms with Gasteiger partial charge in [0.05, 0.1) is 0 Å². The van der Waals surface area contributed by atoms with Crippen molar-refractivity contribution in [2.24, 2.45) is 0 Å². The topological polar surface area (TPSA) is 30.0 Å². The number of hydrogen-bond acceptors (Lipinski definition) is 2. The molecule has 1 heterocycles. The maximum atomic E-state index is 10.4. The number of carbonyl (C=O) groups excluding carboxylic acids is 1. The number of benzene rings is 1. The molecule has 0 fully saturated rings. The van der Waals surface area contributed by atoms with Crippen LogP contribution >= 0.6 is 0 Å². The molecule has 0 saturated carbocycles. The first-order chi connectivity index (χ1) is 6.90. The van der Waals surface area contributed by atoms with Crippen LogP contribution in [0.25, 0.3) is 11.1 Å². The molecule has 2 aromatic rings. The van der Waals surface area contributed by atoms with Crippen LogP contribution in [0.3, 0.4) is 0 Å². The lowest BCUT2D eigenvalue weighted by Crippen LogP contribution is -1.86. The van der Waals surface area contributed by atoms with Crippen molar-refractivity contribution in [2.75, 3.05) is 0 Å². The van der Waals surface area contributed by atoms with Crippen LogP contribution in [-0.2, 0) is 4.79 Å². The Bertz CT molecular complexity index is 437. The van der Waals surface area contributed by atoms with Crippen molar-refractivity contribution in [3.05, 3.63) is 54.4 Å². The monoisotopic (exact) mass is 182 g/mol. The highest BCUT2D eigenvalue weighted by Gasteiger charge is 1.98. The number of nitrogens with zero attached hydrogens (tertiary/aromatic N) is 1. The summed E-state index contributed by atoms with van der Waals surface area (Å²) in [6.07, 6.45) is 3.39. The van der Waals surface area contributed by atoms with Crippen molar-refractivity contribution < 1.29 is 4.79 Å². The predicted octanol–water partition coefficient (Wildman–Crippen LogP) is 2.21. The molecule has 2 rings (SSSR count). The lowest BCUT2D eigenvalue weighted by molar-refractivity contribution is 0.561. The van der Waals surface area contributed by atoms with Crippen LogP contribution in [-0.4, -0.2) is 11.3 Å². The van der Waals surface area contributed by atoms with E-state index in [-0.39, 0.29) is 0 Å². The average Bonchev–Trinajstić information content (AvgIpc) is 2.30. The molecule has 0 unspecified atom stereocenters. The third-order valence-electron chi connectivity index (χ3n) is 1.97. The van der Waals surface area contributed by atoms with E-state index >= 15 is 0 Å². The minimum atomic E-state index is 0.339. The Balaban J connectivity index is 2.47. The van der Waals surface area contributed by atoms with Gasteiger partial charge >= 0.3 is 0 Å². The van der Waals surface area contributed by atoms with E-state index in [1.165, 1.54) is 0 Å². The van der Waals surface area contributed by atoms with Crippen molar-refractivity contribution in [3.8, 4) is 11.1 Å². The van der Waals surface area contributed by atoms with E-state index in [1.54, 1.807) is 18.5 Å². The normalized spacial score (nSPS) is 9.71. The first-order valence-electron chi connectivity index (χ1n) is 4.30. The largest absolute Gasteiger partial charge is 0.283 e. The van der Waals surface area contributed by atoms with Crippen molar-refractivity contribution >= 4 is 6.29 Å². The van der Waals surface area contributed by atoms with E-state index < -0.39 is 0 Å². The van der Waals surface area contributed by atoms with Crippen molar-refractivity contribution in [3.63, 3.8) is 0 Å². The first-order valence-corrected chi connectivity index (χ1v) is 4.30. The Morgan fingerprint density at radius 3 is 2.50 bits per heavy atom. The molecule has 14 heavy (non-hydrogen) atoms. The highest BCUT2D eigenvalue weighted by atomic mass is 16.1. The lowest BCUT2D eigenvalue weighted by Gasteiger charge is -2.00. The van der Waals surface area contributed by atoms with Crippen molar-refractivity contribution in [1.29, 1.82) is 0 Å². The standard InChI is InChI=1S/C12H8NO/c14-9-12-8-11(6-7-13-12)10-4-2-1-3-5-10/h1-8H. The summed E-state index contributed by atoms with van der Waals surface area (Å²) in [7, 11) is 0. The van der Waals surface area contributed by atoms with Crippen LogP contribution < -0.4 is 0 Å². The average molecular weight is 182 g/mol. The van der Waals surface area contributed by atoms with Crippen LogP contribution in [0.2, 0.25) is 0 Å². The highest BCUT2D eigenvalue weighted by Crippen LogP contribution is 2.17. The Morgan fingerprint density at radius 2 is 1.79 bits per heavy atom. The Morgan fingerprint density at radius 1 is 1.00 bits per heavy atom. The molecule has 1 aromatic carbocycles. The molecular formula is C12H8NO. The Kier molecular flexibility index (Phi) is 2.36. The van der Waals surface area contributed by atoms with Gasteiger partial charge in [0.25, 0.3) is 6.29 Å². The fraction of sp³-hybridized carbons (Fsp3) is 0. The van der Waals surface area contributed by atoms with E-state index in [1.807, 2.05) is 36.4 Å². The zero-order valence-electron chi connectivity index (χ0n) is 7.47. The zero-order valence-corrected chi connectivity index (χ0v) is 7.47. The molecule has 0 aliphatic rings. The predicted molar refractivity (Wildman–Crippen MR) is 54.5 cm³/mol. The minimum absolute atomic E-state index is 0.339. The van der Waals surface area contributed by atoms with Gasteiger partial charge in [-0.2, -0.15) is 0 Å². The van der Waals surface area contributed by atoms with Crippen LogP contribution in [0.1, 0.15) is 5.69 Å². The smallest absolute Gasteiger partial charge is 0.253 e. The van der Waals surface area contributed by atoms with E-state index in [2.05, 4.69) is 4.98 Å². The molecule has 67 valence electrons. The van der Waals surface area contributed by atoms with Crippen LogP contribution in [0.5, 0.6) is 0 Å². The van der Waals surface area contributed by atoms with Gasteiger partial charge in [-0.3, -0.25) is 9.78 Å². The second-order valence-electron chi connectivity index (χ2n) is 2.90. The van der Waals surface area contributed by atoms with E-state index in [0.717, 1.165) is 11.1 Å². The maximum Gasteiger partial charge on any atom is 0.253 e. The molecule has 0 aliphatic carbocycles. The van der Waals surface area contributed by atoms with Gasteiger partial charge in [0.2, 0.25) is 0 Å². The number of pyridine rings is 1. The van der Waals surface area contributed by atoms with Crippen LogP contribution in [0.4, 0.5) is 0 Å². The van der Waals surface area contributed by atoms with Crippen molar-refractivity contribution in [2.45, 2.75) is 0 Å². The molecule has 1 aromatic heterocycles. The quantitative estimate of drug-likeness (QED) is 0.712. The van der Waals surface area contributed by atoms with Gasteiger partial charge in [-0.15, -0.1) is 0 Å². The van der Waals surface area contributed by atoms with Gasteiger partial charge in [0.1, 0.15) is 5.69 Å². The van der Waals surface area contributed by atoms with Gasteiger partial charge in [-0.25, -0.2) is 0 Å². The summed E-state index contributed by atoms with van der Waals surface area (Å²) in [6.45, 7) is 0. The summed E-state index contributed by atoms with van der Waals surface area (Å²) in [5.41, 5.74) is 2.40. The molecule has 0 spiro atoms. The third-order valence-corrected chi connectivity index (χ3v) is 1.97. The maximum absolute atomic E-state index is 10.4. The number of aromatic nitrogens is 1. The van der Waals surface area contributed by atoms with Gasteiger partial charge in [-0.1, -0.05) is 30.3 Å². The van der Waals surface area contributed by atoms with E-state index in [0.29, 0.717) is 5.69 Å². The molecule has 0 atom stereocenters. The lowest BCUT2D eigenvalue weighted by atomic mass is 10.1. The molecule has 2 nitrogen and oxygen atoms in total. The summed E-state index contributed by atoms with van der Waals surface area (Å²) >= 11 is 0. The molecule has 2 heteroatoms. The highest BCUT2D eigenvalue weighted by molar-refractivity contribution is 5.76. The second kappa shape index (κ2) is 3.83. The van der Waals surface area contributed by atoms with Crippen LogP contribution in [0.15, 0.2) is 48.7 Å². The minimum Gasteiger partial charge on any atom is -0.283 e. The van der Waals surface area contributed by atoms with Crippen LogP contribution in [0, 0.1) is 0 Å². The fourth-order valence-electron chi connectivity index (χ4n) is 1.30. The SMILES string of the molecule is O=[C]c1cc(-c2ccccc2)ccn1.